The van der Waals surface area contributed by atoms with Crippen LogP contribution in [-0.2, 0) is 6.42 Å². The maximum Gasteiger partial charge on any atom is 0.269 e. The van der Waals surface area contributed by atoms with Crippen LogP contribution in [0.1, 0.15) is 21.6 Å². The Hall–Kier alpha value is -1.70. The van der Waals surface area contributed by atoms with E-state index in [0.717, 1.165) is 21.5 Å². The lowest BCUT2D eigenvalue weighted by atomic mass is 10.2. The van der Waals surface area contributed by atoms with Crippen LogP contribution in [0.15, 0.2) is 18.2 Å². The maximum atomic E-state index is 12.4. The summed E-state index contributed by atoms with van der Waals surface area (Å²) in [5.41, 5.74) is 0. The van der Waals surface area contributed by atoms with Gasteiger partial charge in [-0.2, -0.15) is 0 Å². The molecule has 0 radical (unpaired) electrons. The first-order chi connectivity index (χ1) is 10.6. The normalized spacial score (nSPS) is 10.9. The van der Waals surface area contributed by atoms with Gasteiger partial charge in [0.05, 0.1) is 12.1 Å². The fourth-order valence-corrected chi connectivity index (χ4v) is 3.98. The summed E-state index contributed by atoms with van der Waals surface area (Å²) in [6.07, 6.45) is 0.789. The number of rotatable bonds is 4. The van der Waals surface area contributed by atoms with E-state index >= 15 is 0 Å². The van der Waals surface area contributed by atoms with Gasteiger partial charge in [-0.3, -0.25) is 10.1 Å². The number of hydrogen-bond donors (Lipinski definition) is 1. The van der Waals surface area contributed by atoms with Gasteiger partial charge < -0.3 is 4.74 Å². The molecule has 0 aliphatic heterocycles. The van der Waals surface area contributed by atoms with E-state index in [0.29, 0.717) is 20.8 Å². The average Bonchev–Trinajstić information content (AvgIpc) is 3.11. The molecule has 3 aromatic rings. The molecule has 1 aromatic carbocycles. The van der Waals surface area contributed by atoms with E-state index < -0.39 is 0 Å². The lowest BCUT2D eigenvalue weighted by Gasteiger charge is -1.99. The highest BCUT2D eigenvalue weighted by Crippen LogP contribution is 2.37. The number of fused-ring (bicyclic) bond motifs is 1. The van der Waals surface area contributed by atoms with Crippen LogP contribution >= 0.6 is 34.3 Å². The lowest BCUT2D eigenvalue weighted by molar-refractivity contribution is 0.103. The molecule has 0 spiro atoms. The van der Waals surface area contributed by atoms with Crippen molar-refractivity contribution >= 4 is 55.4 Å². The molecule has 8 heteroatoms. The molecule has 2 heterocycles. The second-order valence-electron chi connectivity index (χ2n) is 4.42. The molecule has 0 atom stereocenters. The predicted molar refractivity (Wildman–Crippen MR) is 90.6 cm³/mol. The molecule has 3 rings (SSSR count). The van der Waals surface area contributed by atoms with Crippen molar-refractivity contribution in [2.24, 2.45) is 0 Å². The molecule has 114 valence electrons. The Labute approximate surface area is 139 Å². The summed E-state index contributed by atoms with van der Waals surface area (Å²) in [6, 6.07) is 5.56. The van der Waals surface area contributed by atoms with Crippen molar-refractivity contribution in [2.45, 2.75) is 13.3 Å². The number of thiophene rings is 1. The van der Waals surface area contributed by atoms with Crippen LogP contribution in [0.3, 0.4) is 0 Å². The van der Waals surface area contributed by atoms with Crippen molar-refractivity contribution in [2.75, 3.05) is 12.4 Å². The fourth-order valence-electron chi connectivity index (χ4n) is 1.92. The zero-order valence-electron chi connectivity index (χ0n) is 11.8. The molecule has 2 aromatic heterocycles. The van der Waals surface area contributed by atoms with Gasteiger partial charge in [-0.15, -0.1) is 21.5 Å². The Balaban J connectivity index is 1.91. The van der Waals surface area contributed by atoms with Crippen LogP contribution in [0.25, 0.3) is 10.1 Å². The van der Waals surface area contributed by atoms with Crippen LogP contribution in [0.4, 0.5) is 5.13 Å². The van der Waals surface area contributed by atoms with Gasteiger partial charge >= 0.3 is 0 Å². The number of ether oxygens (including phenoxy) is 1. The van der Waals surface area contributed by atoms with E-state index in [2.05, 4.69) is 15.5 Å². The Kier molecular flexibility index (Phi) is 4.28. The summed E-state index contributed by atoms with van der Waals surface area (Å²) in [5, 5.41) is 13.3. The third kappa shape index (κ3) is 2.79. The van der Waals surface area contributed by atoms with E-state index in [1.54, 1.807) is 7.11 Å². The minimum absolute atomic E-state index is 0.274. The number of amides is 1. The second-order valence-corrected chi connectivity index (χ2v) is 6.91. The minimum Gasteiger partial charge on any atom is -0.497 e. The fraction of sp³-hybridized carbons (Fsp3) is 0.214. The number of nitrogens with zero attached hydrogens (tertiary/aromatic N) is 2. The first-order valence-corrected chi connectivity index (χ1v) is 8.53. The maximum absolute atomic E-state index is 12.4. The molecule has 22 heavy (non-hydrogen) atoms. The Morgan fingerprint density at radius 2 is 2.18 bits per heavy atom. The zero-order valence-corrected chi connectivity index (χ0v) is 14.2. The number of benzene rings is 1. The van der Waals surface area contributed by atoms with Crippen LogP contribution in [-0.4, -0.2) is 23.2 Å². The van der Waals surface area contributed by atoms with Gasteiger partial charge in [0.25, 0.3) is 5.91 Å². The molecule has 1 N–H and O–H groups in total. The molecule has 0 bridgehead atoms. The van der Waals surface area contributed by atoms with Crippen molar-refractivity contribution in [1.82, 2.24) is 10.2 Å². The van der Waals surface area contributed by atoms with Crippen LogP contribution in [0, 0.1) is 0 Å². The van der Waals surface area contributed by atoms with Crippen molar-refractivity contribution in [3.05, 3.63) is 33.1 Å². The summed E-state index contributed by atoms with van der Waals surface area (Å²) < 4.78 is 6.12. The summed E-state index contributed by atoms with van der Waals surface area (Å²) in [4.78, 5) is 12.8. The monoisotopic (exact) mass is 353 g/mol. The van der Waals surface area contributed by atoms with Gasteiger partial charge in [0, 0.05) is 10.1 Å². The van der Waals surface area contributed by atoms with Crippen LogP contribution in [0.5, 0.6) is 5.75 Å². The molecular weight excluding hydrogens is 342 g/mol. The van der Waals surface area contributed by atoms with Gasteiger partial charge in [-0.1, -0.05) is 29.9 Å². The average molecular weight is 354 g/mol. The van der Waals surface area contributed by atoms with E-state index in [-0.39, 0.29) is 5.91 Å². The SMILES string of the molecule is CCc1nnc(NC(=O)c2sc3ccc(OC)cc3c2Cl)s1. The first-order valence-electron chi connectivity index (χ1n) is 6.52. The van der Waals surface area contributed by atoms with Crippen LogP contribution < -0.4 is 10.1 Å². The number of methoxy groups -OCH3 is 1. The number of aryl methyl sites for hydroxylation is 1. The number of aromatic nitrogens is 2. The van der Waals surface area contributed by atoms with Crippen molar-refractivity contribution < 1.29 is 9.53 Å². The van der Waals surface area contributed by atoms with Gasteiger partial charge in [0.15, 0.2) is 0 Å². The highest BCUT2D eigenvalue weighted by Gasteiger charge is 2.19. The third-order valence-corrected chi connectivity index (χ3v) is 5.69. The summed E-state index contributed by atoms with van der Waals surface area (Å²) in [5.74, 6) is 0.430. The van der Waals surface area contributed by atoms with E-state index in [1.807, 2.05) is 25.1 Å². The largest absolute Gasteiger partial charge is 0.497 e. The number of carbonyl (C=O) groups excluding carboxylic acids is 1. The van der Waals surface area contributed by atoms with E-state index in [9.17, 15) is 4.79 Å². The summed E-state index contributed by atoms with van der Waals surface area (Å²) in [6.45, 7) is 1.99. The van der Waals surface area contributed by atoms with Gasteiger partial charge in [-0.05, 0) is 24.6 Å². The van der Waals surface area contributed by atoms with E-state index in [1.165, 1.54) is 22.7 Å². The molecule has 0 aliphatic rings. The van der Waals surface area contributed by atoms with Crippen LogP contribution in [0.2, 0.25) is 5.02 Å². The molecule has 0 saturated heterocycles. The molecule has 0 fully saturated rings. The number of halogens is 1. The van der Waals surface area contributed by atoms with Gasteiger partial charge in [-0.25, -0.2) is 0 Å². The number of hydrogen-bond acceptors (Lipinski definition) is 6. The highest BCUT2D eigenvalue weighted by atomic mass is 35.5. The number of carbonyl (C=O) groups is 1. The van der Waals surface area contributed by atoms with Crippen molar-refractivity contribution in [3.8, 4) is 5.75 Å². The molecule has 0 saturated carbocycles. The summed E-state index contributed by atoms with van der Waals surface area (Å²) in [7, 11) is 1.59. The summed E-state index contributed by atoms with van der Waals surface area (Å²) >= 11 is 9.04. The van der Waals surface area contributed by atoms with Crippen molar-refractivity contribution in [1.29, 1.82) is 0 Å². The molecule has 0 unspecified atom stereocenters. The topological polar surface area (TPSA) is 64.1 Å². The zero-order chi connectivity index (χ0) is 15.7. The third-order valence-electron chi connectivity index (χ3n) is 3.03. The Morgan fingerprint density at radius 1 is 1.36 bits per heavy atom. The minimum atomic E-state index is -0.274. The van der Waals surface area contributed by atoms with Gasteiger partial charge in [0.1, 0.15) is 15.6 Å². The first kappa shape index (κ1) is 15.2. The predicted octanol–water partition coefficient (Wildman–Crippen LogP) is 4.23. The quantitative estimate of drug-likeness (QED) is 0.762. The number of anilines is 1. The Morgan fingerprint density at radius 3 is 2.86 bits per heavy atom. The molecule has 1 amide bonds. The Bertz CT molecular complexity index is 844. The molecule has 0 aliphatic carbocycles. The van der Waals surface area contributed by atoms with Crippen molar-refractivity contribution in [3.63, 3.8) is 0 Å². The molecular formula is C14H12ClN3O2S2. The van der Waals surface area contributed by atoms with Gasteiger partial charge in [0.2, 0.25) is 5.13 Å². The van der Waals surface area contributed by atoms with E-state index in [4.69, 9.17) is 16.3 Å². The smallest absolute Gasteiger partial charge is 0.269 e. The second kappa shape index (κ2) is 6.20. The lowest BCUT2D eigenvalue weighted by Crippen LogP contribution is -2.10. The number of nitrogens with one attached hydrogen (secondary N) is 1. The highest BCUT2D eigenvalue weighted by molar-refractivity contribution is 7.22. The standard InChI is InChI=1S/C14H12ClN3O2S2/c1-3-10-17-18-14(22-10)16-13(19)12-11(15)8-6-7(20-2)4-5-9(8)21-12/h4-6H,3H2,1-2H3,(H,16,18,19). The molecule has 5 nitrogen and oxygen atoms in total.